The average Bonchev–Trinajstić information content (AvgIpc) is 2.40. The molecule has 10 nitrogen and oxygen atoms in total. The second-order valence-corrected chi connectivity index (χ2v) is 6.65. The summed E-state index contributed by atoms with van der Waals surface area (Å²) < 4.78 is 73.1. The van der Waals surface area contributed by atoms with Crippen LogP contribution in [0.3, 0.4) is 0 Å². The van der Waals surface area contributed by atoms with E-state index in [1.165, 1.54) is 0 Å². The molecule has 0 saturated heterocycles. The van der Waals surface area contributed by atoms with Crippen molar-refractivity contribution in [3.05, 3.63) is 12.1 Å². The zero-order valence-corrected chi connectivity index (χ0v) is 15.7. The first-order valence-electron chi connectivity index (χ1n) is 5.71. The minimum absolute atomic E-state index is 0. The van der Waals surface area contributed by atoms with Crippen LogP contribution in [0.4, 0.5) is 0 Å². The number of aliphatic hydroxyl groups is 2. The second-order valence-electron chi connectivity index (χ2n) is 3.84. The summed E-state index contributed by atoms with van der Waals surface area (Å²) in [5, 5.41) is 17.4. The third kappa shape index (κ3) is 6.52. The number of aliphatic hydroxyl groups excluding tert-OH is 2. The molecule has 0 atom stereocenters. The molecular formula is C10H15NaO10S2. The van der Waals surface area contributed by atoms with E-state index in [2.05, 4.69) is 0 Å². The maximum atomic E-state index is 11.4. The van der Waals surface area contributed by atoms with Gasteiger partial charge in [0.2, 0.25) is 0 Å². The van der Waals surface area contributed by atoms with E-state index < -0.39 is 54.7 Å². The van der Waals surface area contributed by atoms with Crippen molar-refractivity contribution in [2.45, 2.75) is 9.79 Å². The third-order valence-corrected chi connectivity index (χ3v) is 3.95. The van der Waals surface area contributed by atoms with Crippen LogP contribution in [0.5, 0.6) is 11.5 Å². The van der Waals surface area contributed by atoms with E-state index in [4.69, 9.17) is 28.8 Å². The molecule has 0 saturated carbocycles. The molecular weight excluding hydrogens is 367 g/mol. The predicted octanol–water partition coefficient (Wildman–Crippen LogP) is -3.96. The first kappa shape index (κ1) is 22.6. The number of hydrogen-bond acceptors (Lipinski definition) is 8. The van der Waals surface area contributed by atoms with Gasteiger partial charge in [0.15, 0.2) is 11.5 Å². The maximum Gasteiger partial charge on any atom is 1.00 e. The van der Waals surface area contributed by atoms with Crippen LogP contribution < -0.4 is 39.0 Å². The van der Waals surface area contributed by atoms with Gasteiger partial charge in [-0.1, -0.05) is 0 Å². The summed E-state index contributed by atoms with van der Waals surface area (Å²) in [7, 11) is -9.71. The summed E-state index contributed by atoms with van der Waals surface area (Å²) in [6.45, 7) is -1.68. The molecule has 23 heavy (non-hydrogen) atoms. The average molecular weight is 382 g/mol. The largest absolute Gasteiger partial charge is 1.00 e. The van der Waals surface area contributed by atoms with Crippen molar-refractivity contribution in [2.75, 3.05) is 26.4 Å². The van der Waals surface area contributed by atoms with Gasteiger partial charge in [-0.15, -0.1) is 0 Å². The third-order valence-electron chi connectivity index (χ3n) is 2.26. The Bertz CT molecular complexity index is 734. The molecule has 0 unspecified atom stereocenters. The number of rotatable bonds is 8. The summed E-state index contributed by atoms with van der Waals surface area (Å²) >= 11 is 0. The Morgan fingerprint density at radius 1 is 0.913 bits per heavy atom. The van der Waals surface area contributed by atoms with Crippen molar-refractivity contribution in [1.82, 2.24) is 0 Å². The predicted molar refractivity (Wildman–Crippen MR) is 72.3 cm³/mol. The Labute approximate surface area is 156 Å². The zero-order chi connectivity index (χ0) is 17.0. The fraction of sp³-hybridized carbons (Fsp3) is 0.400. The molecule has 1 aromatic rings. The van der Waals surface area contributed by atoms with Gasteiger partial charge in [0.25, 0.3) is 20.2 Å². The van der Waals surface area contributed by atoms with Crippen LogP contribution in [-0.2, 0) is 20.2 Å². The van der Waals surface area contributed by atoms with Gasteiger partial charge in [0, 0.05) is 6.07 Å². The molecule has 0 heterocycles. The van der Waals surface area contributed by atoms with Gasteiger partial charge < -0.3 is 21.1 Å². The van der Waals surface area contributed by atoms with Crippen LogP contribution in [0.25, 0.3) is 0 Å². The van der Waals surface area contributed by atoms with E-state index in [1.54, 1.807) is 0 Å². The summed E-state index contributed by atoms with van der Waals surface area (Å²) in [6, 6.07) is 1.23. The quantitative estimate of drug-likeness (QED) is 0.257. The molecule has 13 heteroatoms. The molecule has 128 valence electrons. The van der Waals surface area contributed by atoms with Gasteiger partial charge in [-0.2, -0.15) is 16.8 Å². The van der Waals surface area contributed by atoms with Gasteiger partial charge in [-0.3, -0.25) is 9.11 Å². The summed E-state index contributed by atoms with van der Waals surface area (Å²) in [4.78, 5) is -1.83. The molecule has 0 bridgehead atoms. The van der Waals surface area contributed by atoms with Crippen LogP contribution >= 0.6 is 0 Å². The van der Waals surface area contributed by atoms with E-state index >= 15 is 0 Å². The Balaban J connectivity index is 0. The van der Waals surface area contributed by atoms with Crippen molar-refractivity contribution in [3.63, 3.8) is 0 Å². The van der Waals surface area contributed by atoms with Crippen LogP contribution in [0.2, 0.25) is 0 Å². The van der Waals surface area contributed by atoms with Crippen molar-refractivity contribution >= 4 is 20.2 Å². The molecule has 1 rings (SSSR count). The molecule has 0 radical (unpaired) electrons. The monoisotopic (exact) mass is 382 g/mol. The van der Waals surface area contributed by atoms with E-state index in [0.29, 0.717) is 6.07 Å². The van der Waals surface area contributed by atoms with E-state index in [1.807, 2.05) is 0 Å². The SMILES string of the molecule is O=S(=O)(O)c1cc(OCCO)c(OCCO)c(S(=O)(=O)O)c1.[H-].[Na+]. The molecule has 1 aromatic carbocycles. The van der Waals surface area contributed by atoms with Gasteiger partial charge in [0.05, 0.1) is 18.1 Å². The molecule has 0 aliphatic carbocycles. The molecule has 0 amide bonds. The first-order valence-corrected chi connectivity index (χ1v) is 8.59. The molecule has 0 spiro atoms. The van der Waals surface area contributed by atoms with Crippen molar-refractivity contribution in [3.8, 4) is 11.5 Å². The Hall–Kier alpha value is -0.440. The fourth-order valence-corrected chi connectivity index (χ4v) is 2.71. The van der Waals surface area contributed by atoms with E-state index in [-0.39, 0.29) is 44.2 Å². The number of benzene rings is 1. The van der Waals surface area contributed by atoms with Gasteiger partial charge in [-0.25, -0.2) is 0 Å². The molecule has 4 N–H and O–H groups in total. The summed E-state index contributed by atoms with van der Waals surface area (Å²) in [5.41, 5.74) is 0. The van der Waals surface area contributed by atoms with Crippen LogP contribution in [-0.4, -0.2) is 62.6 Å². The normalized spacial score (nSPS) is 11.7. The number of ether oxygens (including phenoxy) is 2. The van der Waals surface area contributed by atoms with Gasteiger partial charge in [0.1, 0.15) is 18.1 Å². The van der Waals surface area contributed by atoms with Crippen molar-refractivity contribution in [1.29, 1.82) is 0 Å². The summed E-state index contributed by atoms with van der Waals surface area (Å²) in [5.74, 6) is -1.01. The van der Waals surface area contributed by atoms with Gasteiger partial charge >= 0.3 is 29.6 Å². The maximum absolute atomic E-state index is 11.4. The minimum Gasteiger partial charge on any atom is -1.00 e. The fourth-order valence-electron chi connectivity index (χ4n) is 1.45. The van der Waals surface area contributed by atoms with Crippen molar-refractivity contribution < 1.29 is 76.6 Å². The van der Waals surface area contributed by atoms with Crippen molar-refractivity contribution in [2.24, 2.45) is 0 Å². The smallest absolute Gasteiger partial charge is 1.00 e. The molecule has 0 aliphatic rings. The molecule has 0 aromatic heterocycles. The summed E-state index contributed by atoms with van der Waals surface area (Å²) in [6.07, 6.45) is 0. The molecule has 0 aliphatic heterocycles. The Kier molecular flexibility index (Phi) is 8.97. The van der Waals surface area contributed by atoms with Crippen LogP contribution in [0, 0.1) is 0 Å². The standard InChI is InChI=1S/C10H14O10S2.Na.H/c11-1-3-19-8-5-7(21(13,14)15)6-9(22(16,17)18)10(8)20-4-2-12;;/h5-6,11-12H,1-4H2,(H,13,14,15)(H,16,17,18);;/q;+1;-1. The van der Waals surface area contributed by atoms with Gasteiger partial charge in [-0.05, 0) is 6.07 Å². The van der Waals surface area contributed by atoms with Crippen LogP contribution in [0.1, 0.15) is 1.43 Å². The van der Waals surface area contributed by atoms with E-state index in [0.717, 1.165) is 6.07 Å². The first-order chi connectivity index (χ1) is 10.1. The van der Waals surface area contributed by atoms with E-state index in [9.17, 15) is 16.8 Å². The molecule has 0 fully saturated rings. The van der Waals surface area contributed by atoms with Crippen LogP contribution in [0.15, 0.2) is 21.9 Å². The minimum atomic E-state index is -4.92. The Morgan fingerprint density at radius 2 is 1.43 bits per heavy atom. The second kappa shape index (κ2) is 9.15. The Morgan fingerprint density at radius 3 is 1.87 bits per heavy atom. The zero-order valence-electron chi connectivity index (χ0n) is 13.0. The topological polar surface area (TPSA) is 168 Å². The number of hydrogen-bond donors (Lipinski definition) is 4.